The lowest BCUT2D eigenvalue weighted by molar-refractivity contribution is -0.118. The number of aromatic nitrogens is 2. The Bertz CT molecular complexity index is 1210. The predicted octanol–water partition coefficient (Wildman–Crippen LogP) is 3.84. The Balaban J connectivity index is 0.000000327. The van der Waals surface area contributed by atoms with E-state index in [-0.39, 0.29) is 17.5 Å². The van der Waals surface area contributed by atoms with Crippen molar-refractivity contribution < 1.29 is 18.8 Å². The van der Waals surface area contributed by atoms with E-state index in [0.29, 0.717) is 23.9 Å². The highest BCUT2D eigenvalue weighted by Gasteiger charge is 2.32. The molecule has 0 bridgehead atoms. The molecule has 0 aliphatic carbocycles. The van der Waals surface area contributed by atoms with Gasteiger partial charge in [0.25, 0.3) is 11.8 Å². The third-order valence-corrected chi connectivity index (χ3v) is 4.98. The first-order valence-electron chi connectivity index (χ1n) is 10.8. The van der Waals surface area contributed by atoms with Crippen LogP contribution in [0.4, 0.5) is 5.69 Å². The lowest BCUT2D eigenvalue weighted by Gasteiger charge is -2.17. The van der Waals surface area contributed by atoms with Crippen molar-refractivity contribution in [1.29, 1.82) is 0 Å². The van der Waals surface area contributed by atoms with Crippen LogP contribution in [0.2, 0.25) is 0 Å². The molecule has 9 nitrogen and oxygen atoms in total. The number of hydrogen-bond acceptors (Lipinski definition) is 7. The van der Waals surface area contributed by atoms with E-state index in [4.69, 9.17) is 9.21 Å². The lowest BCUT2D eigenvalue weighted by atomic mass is 9.97. The quantitative estimate of drug-likeness (QED) is 0.425. The molecule has 0 saturated heterocycles. The van der Waals surface area contributed by atoms with Gasteiger partial charge >= 0.3 is 0 Å². The summed E-state index contributed by atoms with van der Waals surface area (Å²) >= 11 is 0. The molecule has 1 aliphatic heterocycles. The van der Waals surface area contributed by atoms with Crippen LogP contribution in [0.3, 0.4) is 0 Å². The van der Waals surface area contributed by atoms with Crippen molar-refractivity contribution in [3.8, 4) is 11.1 Å². The number of hydrogen-bond donors (Lipinski definition) is 2. The van der Waals surface area contributed by atoms with Crippen molar-refractivity contribution in [1.82, 2.24) is 20.4 Å². The Labute approximate surface area is 204 Å². The van der Waals surface area contributed by atoms with Crippen LogP contribution >= 0.6 is 0 Å². The van der Waals surface area contributed by atoms with Crippen LogP contribution in [0.15, 0.2) is 65.7 Å². The first kappa shape index (κ1) is 26.7. The minimum Gasteiger partial charge on any atom is -0.422 e. The maximum Gasteiger partial charge on any atom is 0.267 e. The van der Waals surface area contributed by atoms with Gasteiger partial charge in [-0.2, -0.15) is 0 Å². The number of rotatable bonds is 5. The smallest absolute Gasteiger partial charge is 0.267 e. The summed E-state index contributed by atoms with van der Waals surface area (Å²) in [6.07, 6.45) is 2.26. The summed E-state index contributed by atoms with van der Waals surface area (Å²) in [6, 6.07) is 13.7. The minimum atomic E-state index is -0.351. The van der Waals surface area contributed by atoms with Gasteiger partial charge in [0, 0.05) is 32.3 Å². The molecule has 0 saturated carbocycles. The molecule has 35 heavy (non-hydrogen) atoms. The Hall–Kier alpha value is -4.53. The molecule has 182 valence electrons. The van der Waals surface area contributed by atoms with Gasteiger partial charge in [-0.05, 0) is 47.9 Å². The fraction of sp³-hybridized carbons (Fsp3) is 0.192. The summed E-state index contributed by atoms with van der Waals surface area (Å²) in [6.45, 7) is 10.7. The Kier molecular flexibility index (Phi) is 9.65. The van der Waals surface area contributed by atoms with E-state index >= 15 is 0 Å². The number of benzene rings is 2. The third kappa shape index (κ3) is 6.50. The van der Waals surface area contributed by atoms with Gasteiger partial charge in [0.05, 0.1) is 6.54 Å². The molecular formula is C26H29N5O4. The highest BCUT2D eigenvalue weighted by molar-refractivity contribution is 6.06. The molecule has 4 rings (SSSR count). The minimum absolute atomic E-state index is 0.162. The van der Waals surface area contributed by atoms with Crippen LogP contribution in [-0.4, -0.2) is 47.3 Å². The molecule has 2 aromatic carbocycles. The second kappa shape index (κ2) is 12.6. The molecule has 9 heteroatoms. The average molecular weight is 476 g/mol. The number of amides is 2. The maximum absolute atomic E-state index is 12.6. The SMILES string of the molecule is C=C(C(=O)NC)N1Cc2c(cccc2-c2ccc(NC)cc2)C1=O.C=Cc1nnc(C)o1.CC=O. The average Bonchev–Trinajstić information content (AvgIpc) is 3.46. The molecule has 0 fully saturated rings. The van der Waals surface area contributed by atoms with Crippen LogP contribution in [0.1, 0.15) is 34.6 Å². The zero-order valence-electron chi connectivity index (χ0n) is 20.3. The van der Waals surface area contributed by atoms with Gasteiger partial charge in [-0.25, -0.2) is 0 Å². The number of fused-ring (bicyclic) bond motifs is 1. The zero-order chi connectivity index (χ0) is 26.0. The van der Waals surface area contributed by atoms with E-state index < -0.39 is 0 Å². The van der Waals surface area contributed by atoms with Crippen molar-refractivity contribution >= 4 is 29.9 Å². The first-order valence-corrected chi connectivity index (χ1v) is 10.8. The number of carbonyl (C=O) groups excluding carboxylic acids is 3. The van der Waals surface area contributed by atoms with Gasteiger partial charge in [0.15, 0.2) is 0 Å². The topological polar surface area (TPSA) is 117 Å². The monoisotopic (exact) mass is 475 g/mol. The summed E-state index contributed by atoms with van der Waals surface area (Å²) in [5.41, 5.74) is 4.76. The van der Waals surface area contributed by atoms with Gasteiger partial charge < -0.3 is 19.8 Å². The van der Waals surface area contributed by atoms with Crippen LogP contribution in [0, 0.1) is 6.92 Å². The lowest BCUT2D eigenvalue weighted by Crippen LogP contribution is -2.32. The summed E-state index contributed by atoms with van der Waals surface area (Å²) in [4.78, 5) is 34.7. The highest BCUT2D eigenvalue weighted by Crippen LogP contribution is 2.34. The van der Waals surface area contributed by atoms with Crippen LogP contribution in [-0.2, 0) is 16.1 Å². The second-order valence-corrected chi connectivity index (χ2v) is 7.18. The Morgan fingerprint density at radius 2 is 1.74 bits per heavy atom. The van der Waals surface area contributed by atoms with E-state index in [1.807, 2.05) is 43.4 Å². The highest BCUT2D eigenvalue weighted by atomic mass is 16.4. The standard InChI is InChI=1S/C19H19N3O2.C5H6N2O.C2H4O/c1-12(18(23)21-3)22-11-17-15(5-4-6-16(17)19(22)24)13-7-9-14(20-2)10-8-13;1-3-5-7-6-4(2)8-5;1-2-3/h4-10,20H,1,11H2,2-3H3,(H,21,23);3H,1H2,2H3;2H,1H3. The predicted molar refractivity (Wildman–Crippen MR) is 135 cm³/mol. The molecular weight excluding hydrogens is 446 g/mol. The largest absolute Gasteiger partial charge is 0.422 e. The summed E-state index contributed by atoms with van der Waals surface area (Å²) in [7, 11) is 3.39. The molecule has 1 aromatic heterocycles. The van der Waals surface area contributed by atoms with Crippen LogP contribution in [0.25, 0.3) is 17.2 Å². The van der Waals surface area contributed by atoms with Crippen molar-refractivity contribution in [2.45, 2.75) is 20.4 Å². The zero-order valence-corrected chi connectivity index (χ0v) is 20.3. The number of nitrogens with zero attached hydrogens (tertiary/aromatic N) is 3. The van der Waals surface area contributed by atoms with Gasteiger partial charge in [-0.3, -0.25) is 14.5 Å². The Morgan fingerprint density at radius 3 is 2.23 bits per heavy atom. The number of anilines is 1. The van der Waals surface area contributed by atoms with Crippen LogP contribution < -0.4 is 10.6 Å². The van der Waals surface area contributed by atoms with Crippen molar-refractivity contribution in [3.05, 3.63) is 84.2 Å². The fourth-order valence-corrected chi connectivity index (χ4v) is 3.30. The van der Waals surface area contributed by atoms with Gasteiger partial charge in [0.2, 0.25) is 11.8 Å². The molecule has 2 N–H and O–H groups in total. The van der Waals surface area contributed by atoms with E-state index in [0.717, 1.165) is 28.7 Å². The molecule has 0 radical (unpaired) electrons. The van der Waals surface area contributed by atoms with Crippen molar-refractivity contribution in [2.24, 2.45) is 0 Å². The summed E-state index contributed by atoms with van der Waals surface area (Å²) in [5.74, 6) is 0.505. The number of nitrogens with one attached hydrogen (secondary N) is 2. The van der Waals surface area contributed by atoms with Crippen molar-refractivity contribution in [2.75, 3.05) is 19.4 Å². The number of aldehydes is 1. The summed E-state index contributed by atoms with van der Waals surface area (Å²) < 4.78 is 4.89. The first-order chi connectivity index (χ1) is 16.8. The maximum atomic E-state index is 12.6. The number of carbonyl (C=O) groups is 3. The van der Waals surface area contributed by atoms with E-state index in [9.17, 15) is 9.59 Å². The Morgan fingerprint density at radius 1 is 1.11 bits per heavy atom. The molecule has 0 spiro atoms. The normalized spacial score (nSPS) is 11.2. The second-order valence-electron chi connectivity index (χ2n) is 7.18. The third-order valence-electron chi connectivity index (χ3n) is 4.98. The van der Waals surface area contributed by atoms with E-state index in [2.05, 4.69) is 34.0 Å². The molecule has 2 heterocycles. The van der Waals surface area contributed by atoms with Crippen LogP contribution in [0.5, 0.6) is 0 Å². The molecule has 2 amide bonds. The molecule has 1 aliphatic rings. The van der Waals surface area contributed by atoms with E-state index in [1.54, 1.807) is 13.0 Å². The van der Waals surface area contributed by atoms with E-state index in [1.165, 1.54) is 24.9 Å². The van der Waals surface area contributed by atoms with Gasteiger partial charge in [0.1, 0.15) is 12.0 Å². The van der Waals surface area contributed by atoms with Gasteiger partial charge in [-0.15, -0.1) is 10.2 Å². The fourth-order valence-electron chi connectivity index (χ4n) is 3.30. The molecule has 0 atom stereocenters. The van der Waals surface area contributed by atoms with Gasteiger partial charge in [-0.1, -0.05) is 37.4 Å². The number of aryl methyl sites for hydroxylation is 1. The molecule has 0 unspecified atom stereocenters. The van der Waals surface area contributed by atoms with Crippen molar-refractivity contribution in [3.63, 3.8) is 0 Å². The molecule has 3 aromatic rings. The summed E-state index contributed by atoms with van der Waals surface area (Å²) in [5, 5.41) is 12.8. The number of likely N-dealkylation sites (N-methyl/N-ethyl adjacent to an activating group) is 1.